The van der Waals surface area contributed by atoms with Gasteiger partial charge >= 0.3 is 0 Å². The van der Waals surface area contributed by atoms with E-state index in [2.05, 4.69) is 10.6 Å². The van der Waals surface area contributed by atoms with E-state index in [1.54, 1.807) is 12.1 Å². The van der Waals surface area contributed by atoms with Crippen molar-refractivity contribution in [2.45, 2.75) is 12.6 Å². The van der Waals surface area contributed by atoms with E-state index in [4.69, 9.17) is 4.74 Å². The predicted octanol–water partition coefficient (Wildman–Crippen LogP) is 0.430. The Morgan fingerprint density at radius 1 is 1.59 bits per heavy atom. The number of amides is 1. The van der Waals surface area contributed by atoms with Gasteiger partial charge in [-0.2, -0.15) is 0 Å². The molecular weight excluding hydrogens is 223 g/mol. The summed E-state index contributed by atoms with van der Waals surface area (Å²) in [5.74, 6) is -0.412. The molecule has 4 nitrogen and oxygen atoms in total. The maximum atomic E-state index is 12.9. The van der Waals surface area contributed by atoms with E-state index in [0.717, 1.165) is 5.56 Å². The molecule has 1 heterocycles. The molecule has 2 rings (SSSR count). The molecule has 1 aromatic carbocycles. The summed E-state index contributed by atoms with van der Waals surface area (Å²) in [5.41, 5.74) is 0.745. The summed E-state index contributed by atoms with van der Waals surface area (Å²) in [6.07, 6.45) is 0. The molecular formula is C12H15FN2O2. The van der Waals surface area contributed by atoms with E-state index in [0.29, 0.717) is 26.3 Å². The Morgan fingerprint density at radius 2 is 2.47 bits per heavy atom. The van der Waals surface area contributed by atoms with Crippen LogP contribution in [0.3, 0.4) is 0 Å². The van der Waals surface area contributed by atoms with Gasteiger partial charge in [-0.05, 0) is 17.7 Å². The molecule has 2 N–H and O–H groups in total. The van der Waals surface area contributed by atoms with Crippen LogP contribution in [0.25, 0.3) is 0 Å². The Kier molecular flexibility index (Phi) is 4.06. The SMILES string of the molecule is O=C(NCc1cccc(F)c1)C1COCCN1. The first kappa shape index (κ1) is 12.0. The summed E-state index contributed by atoms with van der Waals surface area (Å²) in [6, 6.07) is 5.87. The predicted molar refractivity (Wildman–Crippen MR) is 60.9 cm³/mol. The van der Waals surface area contributed by atoms with Gasteiger partial charge in [0.2, 0.25) is 5.91 Å². The number of hydrogen-bond acceptors (Lipinski definition) is 3. The van der Waals surface area contributed by atoms with Crippen LogP contribution in [0.5, 0.6) is 0 Å². The third-order valence-corrected chi connectivity index (χ3v) is 2.59. The van der Waals surface area contributed by atoms with Crippen LogP contribution in [0, 0.1) is 5.82 Å². The van der Waals surface area contributed by atoms with Gasteiger partial charge in [0.15, 0.2) is 0 Å². The number of rotatable bonds is 3. The van der Waals surface area contributed by atoms with E-state index in [1.165, 1.54) is 12.1 Å². The Morgan fingerprint density at radius 3 is 3.18 bits per heavy atom. The fourth-order valence-corrected chi connectivity index (χ4v) is 1.69. The van der Waals surface area contributed by atoms with Crippen molar-refractivity contribution in [1.82, 2.24) is 10.6 Å². The Balaban J connectivity index is 1.83. The van der Waals surface area contributed by atoms with Gasteiger partial charge in [0.05, 0.1) is 13.2 Å². The number of hydrogen-bond donors (Lipinski definition) is 2. The Bertz CT molecular complexity index is 392. The third kappa shape index (κ3) is 3.51. The van der Waals surface area contributed by atoms with E-state index in [-0.39, 0.29) is 17.8 Å². The average molecular weight is 238 g/mol. The van der Waals surface area contributed by atoms with E-state index < -0.39 is 0 Å². The highest BCUT2D eigenvalue weighted by Crippen LogP contribution is 2.03. The second-order valence-corrected chi connectivity index (χ2v) is 3.93. The van der Waals surface area contributed by atoms with Crippen LogP contribution in [0.2, 0.25) is 0 Å². The average Bonchev–Trinajstić information content (AvgIpc) is 2.37. The van der Waals surface area contributed by atoms with Crippen molar-refractivity contribution in [2.24, 2.45) is 0 Å². The molecule has 0 aromatic heterocycles. The smallest absolute Gasteiger partial charge is 0.239 e. The van der Waals surface area contributed by atoms with Gasteiger partial charge in [-0.25, -0.2) is 4.39 Å². The largest absolute Gasteiger partial charge is 0.378 e. The minimum absolute atomic E-state index is 0.117. The highest BCUT2D eigenvalue weighted by molar-refractivity contribution is 5.81. The molecule has 0 bridgehead atoms. The summed E-state index contributed by atoms with van der Waals surface area (Å²) in [5, 5.41) is 5.80. The first-order valence-corrected chi connectivity index (χ1v) is 5.59. The maximum absolute atomic E-state index is 12.9. The molecule has 5 heteroatoms. The number of ether oxygens (including phenoxy) is 1. The van der Waals surface area contributed by atoms with E-state index in [9.17, 15) is 9.18 Å². The lowest BCUT2D eigenvalue weighted by atomic mass is 10.2. The zero-order valence-corrected chi connectivity index (χ0v) is 9.41. The molecule has 0 spiro atoms. The van der Waals surface area contributed by atoms with Gasteiger partial charge < -0.3 is 15.4 Å². The van der Waals surface area contributed by atoms with Crippen LogP contribution in [0.4, 0.5) is 4.39 Å². The third-order valence-electron chi connectivity index (χ3n) is 2.59. The molecule has 1 atom stereocenters. The molecule has 0 saturated carbocycles. The number of benzene rings is 1. The zero-order valence-electron chi connectivity index (χ0n) is 9.41. The van der Waals surface area contributed by atoms with E-state index in [1.807, 2.05) is 0 Å². The van der Waals surface area contributed by atoms with Gasteiger partial charge in [-0.15, -0.1) is 0 Å². The van der Waals surface area contributed by atoms with Gasteiger partial charge in [0.1, 0.15) is 11.9 Å². The van der Waals surface area contributed by atoms with E-state index >= 15 is 0 Å². The summed E-state index contributed by atoms with van der Waals surface area (Å²) < 4.78 is 18.1. The first-order valence-electron chi connectivity index (χ1n) is 5.59. The van der Waals surface area contributed by atoms with Gasteiger partial charge in [0, 0.05) is 13.1 Å². The van der Waals surface area contributed by atoms with Crippen LogP contribution >= 0.6 is 0 Å². The minimum Gasteiger partial charge on any atom is -0.378 e. The number of carbonyl (C=O) groups excluding carboxylic acids is 1. The zero-order chi connectivity index (χ0) is 12.1. The quantitative estimate of drug-likeness (QED) is 0.803. The van der Waals surface area contributed by atoms with Crippen molar-refractivity contribution in [3.8, 4) is 0 Å². The van der Waals surface area contributed by atoms with Gasteiger partial charge in [-0.1, -0.05) is 12.1 Å². The Labute approximate surface area is 99.2 Å². The van der Waals surface area contributed by atoms with Crippen LogP contribution in [0.15, 0.2) is 24.3 Å². The number of morpholine rings is 1. The molecule has 92 valence electrons. The van der Waals surface area contributed by atoms with Gasteiger partial charge in [0.25, 0.3) is 0 Å². The molecule has 1 aromatic rings. The molecule has 1 amide bonds. The topological polar surface area (TPSA) is 50.4 Å². The summed E-state index contributed by atoms with van der Waals surface area (Å²) in [6.45, 7) is 2.02. The van der Waals surface area contributed by atoms with Crippen molar-refractivity contribution in [3.05, 3.63) is 35.6 Å². The molecule has 1 aliphatic heterocycles. The van der Waals surface area contributed by atoms with Crippen molar-refractivity contribution in [1.29, 1.82) is 0 Å². The molecule has 1 unspecified atom stereocenters. The van der Waals surface area contributed by atoms with Gasteiger partial charge in [-0.3, -0.25) is 4.79 Å². The van der Waals surface area contributed by atoms with Crippen molar-refractivity contribution < 1.29 is 13.9 Å². The minimum atomic E-state index is -0.308. The normalized spacial score (nSPS) is 19.9. The fraction of sp³-hybridized carbons (Fsp3) is 0.417. The molecule has 17 heavy (non-hydrogen) atoms. The second-order valence-electron chi connectivity index (χ2n) is 3.93. The van der Waals surface area contributed by atoms with Crippen LogP contribution in [-0.4, -0.2) is 31.7 Å². The van der Waals surface area contributed by atoms with Crippen LogP contribution in [0.1, 0.15) is 5.56 Å². The van der Waals surface area contributed by atoms with Crippen LogP contribution < -0.4 is 10.6 Å². The molecule has 1 fully saturated rings. The van der Waals surface area contributed by atoms with Crippen LogP contribution in [-0.2, 0) is 16.1 Å². The monoisotopic (exact) mass is 238 g/mol. The summed E-state index contributed by atoms with van der Waals surface area (Å²) >= 11 is 0. The lowest BCUT2D eigenvalue weighted by Gasteiger charge is -2.22. The highest BCUT2D eigenvalue weighted by atomic mass is 19.1. The molecule has 0 radical (unpaired) electrons. The summed E-state index contributed by atoms with van der Waals surface area (Å²) in [4.78, 5) is 11.7. The van der Waals surface area contributed by atoms with Crippen molar-refractivity contribution in [3.63, 3.8) is 0 Å². The number of carbonyl (C=O) groups is 1. The number of nitrogens with one attached hydrogen (secondary N) is 2. The molecule has 0 aliphatic carbocycles. The lowest BCUT2D eigenvalue weighted by Crippen LogP contribution is -2.51. The standard InChI is InChI=1S/C12H15FN2O2/c13-10-3-1-2-9(6-10)7-15-12(16)11-8-17-5-4-14-11/h1-3,6,11,14H,4-5,7-8H2,(H,15,16). The lowest BCUT2D eigenvalue weighted by molar-refractivity contribution is -0.126. The fourth-order valence-electron chi connectivity index (χ4n) is 1.69. The Hall–Kier alpha value is -1.46. The van der Waals surface area contributed by atoms with Crippen molar-refractivity contribution in [2.75, 3.05) is 19.8 Å². The molecule has 1 saturated heterocycles. The first-order chi connectivity index (χ1) is 8.25. The maximum Gasteiger partial charge on any atom is 0.239 e. The van der Waals surface area contributed by atoms with Crippen molar-refractivity contribution >= 4 is 5.91 Å². The summed E-state index contributed by atoms with van der Waals surface area (Å²) in [7, 11) is 0. The highest BCUT2D eigenvalue weighted by Gasteiger charge is 2.20. The number of halogens is 1. The molecule has 1 aliphatic rings. The second kappa shape index (κ2) is 5.75.